The van der Waals surface area contributed by atoms with E-state index in [0.29, 0.717) is 0 Å². The predicted molar refractivity (Wildman–Crippen MR) is 242 cm³/mol. The molecule has 21 aliphatic heterocycles. The Bertz CT molecular complexity index is 1880. The Balaban J connectivity index is 0.00000201. The van der Waals surface area contributed by atoms with Crippen molar-refractivity contribution in [2.75, 3.05) is 46.2 Å². The van der Waals surface area contributed by atoms with E-state index in [0.717, 1.165) is 0 Å². The fraction of sp³-hybridized carbons (Fsp3) is 1.00. The summed E-state index contributed by atoms with van der Waals surface area (Å²) in [6.45, 7) is -7.50. The van der Waals surface area contributed by atoms with Crippen LogP contribution in [-0.4, -0.2) is 362 Å². The van der Waals surface area contributed by atoms with E-state index in [2.05, 4.69) is 0 Å². The zero-order chi connectivity index (χ0) is 58.2. The van der Waals surface area contributed by atoms with E-state index in [1.54, 1.807) is 0 Å². The second-order valence-corrected chi connectivity index (χ2v) is 20.8. The number of hydrogen-bond acceptors (Lipinski definition) is 35. The Morgan fingerprint density at radius 2 is 0.475 bits per heavy atom. The zero-order valence-corrected chi connectivity index (χ0v) is 42.4. The summed E-state index contributed by atoms with van der Waals surface area (Å²) >= 11 is 0. The highest BCUT2D eigenvalue weighted by Gasteiger charge is 2.60. The van der Waals surface area contributed by atoms with Gasteiger partial charge in [0.25, 0.3) is 0 Å². The van der Waals surface area contributed by atoms with Crippen molar-refractivity contribution in [3.63, 3.8) is 0 Å². The molecule has 0 aromatic heterocycles. The molecule has 80 heavy (non-hydrogen) atoms. The maximum atomic E-state index is 11.4. The summed E-state index contributed by atoms with van der Waals surface area (Å²) in [7, 11) is 0. The van der Waals surface area contributed by atoms with Crippen molar-refractivity contribution in [1.82, 2.24) is 0 Å². The first kappa shape index (κ1) is 64.6. The highest BCUT2D eigenvalue weighted by molar-refractivity contribution is 5.01. The third-order valence-electron chi connectivity index (χ3n) is 15.5. The lowest BCUT2D eigenvalue weighted by molar-refractivity contribution is -0.433. The molecule has 34 atom stereocenters. The van der Waals surface area contributed by atoms with Crippen molar-refractivity contribution in [1.29, 1.82) is 0 Å². The van der Waals surface area contributed by atoms with Crippen LogP contribution in [0.1, 0.15) is 25.7 Å². The number of ether oxygens (including phenoxy) is 14. The maximum absolute atomic E-state index is 11.4. The first-order chi connectivity index (χ1) is 38.1. The molecular weight excluding hydrogens is 1100 g/mol. The third kappa shape index (κ3) is 13.0. The molecule has 35 heteroatoms. The molecule has 21 saturated heterocycles. The molecule has 14 bridgehead atoms. The van der Waals surface area contributed by atoms with Crippen molar-refractivity contribution >= 4 is 0 Å². The largest absolute Gasteiger partial charge is 0.394 e. The summed E-state index contributed by atoms with van der Waals surface area (Å²) in [5.74, 6) is -3.06. The Kier molecular flexibility index (Phi) is 22.2. The standard InChI is InChI=1S/C41H68O35.C4H8/c42-1-8-27-14(48)20(54)35(64-8)71-28-9(2-43)65-36(21(55)15(28)49)72-29-10(3-44)66-37(22(56)16(29)50)73-30-11(4-45)67-38(23(57)17(30)51)74-31-12(5-46)68-39(24(58)18(31)52)75-32-13(6-47)69-40(25(59)19(32)53)76-41(62)7-63-34(70-27)26(60)33(41)61;1-2-4-3-1/h8-40,42-62H,1-7H2;1-4H2/t8?,9?,10?,11?,12?,13?,14-,15-,16-,17-,18-,19-,20?,21?,22?,23?,24?,25?,26?,27-,28?,29?,30-,31+,32-,33-,34-,35-,36+,37+,38+,39-,40-,41-;/m1./s1. The van der Waals surface area contributed by atoms with Gasteiger partial charge in [0.15, 0.2) is 44.0 Å². The van der Waals surface area contributed by atoms with Gasteiger partial charge < -0.3 is 174 Å². The summed E-state index contributed by atoms with van der Waals surface area (Å²) in [6.07, 6.45) is -61.6. The summed E-state index contributed by atoms with van der Waals surface area (Å²) in [4.78, 5) is 0. The fourth-order valence-corrected chi connectivity index (χ4v) is 10.4. The topological polar surface area (TPSA) is 554 Å². The number of hydrogen-bond donors (Lipinski definition) is 21. The van der Waals surface area contributed by atoms with Crippen LogP contribution in [0.5, 0.6) is 0 Å². The SMILES string of the molecule is C1CCC1.OCC1O[C@H]2OC3C(CO)O[C@@H](O[C@@H]4C(CO)O[C@@H](O[C@H]5C(CO)O[C@H](O[C@@H]6C(CO)O[C@H](O[C@]7(O)CO[C@H](O[C@@H]8C(CO)O[C@H](OC1[C@H](O)C2O)C(O)[C@H]8O)C(O)[C@H]7O)C(O)[C@H]6O)C(O)[C@H]5O)C(O)[C@H]4O)C(O)[C@H]3O. The van der Waals surface area contributed by atoms with Crippen LogP contribution in [-0.2, 0) is 66.3 Å². The summed E-state index contributed by atoms with van der Waals surface area (Å²) in [5, 5.41) is 230. The molecule has 0 amide bonds. The van der Waals surface area contributed by atoms with Gasteiger partial charge in [0.2, 0.25) is 5.79 Å². The molecule has 21 heterocycles. The Labute approximate surface area is 453 Å². The Morgan fingerprint density at radius 1 is 0.263 bits per heavy atom. The molecule has 1 saturated carbocycles. The summed E-state index contributed by atoms with van der Waals surface area (Å²) in [5.41, 5.74) is 0. The lowest BCUT2D eigenvalue weighted by atomic mass is 9.95. The van der Waals surface area contributed by atoms with Gasteiger partial charge >= 0.3 is 0 Å². The third-order valence-corrected chi connectivity index (χ3v) is 15.5. The van der Waals surface area contributed by atoms with E-state index in [-0.39, 0.29) is 0 Å². The highest BCUT2D eigenvalue weighted by Crippen LogP contribution is 2.39. The lowest BCUT2D eigenvalue weighted by Gasteiger charge is -2.50. The van der Waals surface area contributed by atoms with Crippen LogP contribution in [0, 0.1) is 0 Å². The van der Waals surface area contributed by atoms with Crippen LogP contribution in [0.4, 0.5) is 0 Å². The summed E-state index contributed by atoms with van der Waals surface area (Å²) in [6, 6.07) is 0. The monoisotopic (exact) mass is 1180 g/mol. The van der Waals surface area contributed by atoms with Crippen LogP contribution < -0.4 is 0 Å². The van der Waals surface area contributed by atoms with Gasteiger partial charge in [-0.1, -0.05) is 25.7 Å². The molecular formula is C45H76O35. The minimum Gasteiger partial charge on any atom is -0.394 e. The minimum absolute atomic E-state index is 1.05. The molecule has 0 aromatic carbocycles. The van der Waals surface area contributed by atoms with E-state index >= 15 is 0 Å². The summed E-state index contributed by atoms with van der Waals surface area (Å²) < 4.78 is 78.5. The smallest absolute Gasteiger partial charge is 0.221 e. The van der Waals surface area contributed by atoms with Gasteiger partial charge in [-0.15, -0.1) is 0 Å². The van der Waals surface area contributed by atoms with Gasteiger partial charge in [-0.25, -0.2) is 0 Å². The lowest BCUT2D eigenvalue weighted by Crippen LogP contribution is -2.69. The van der Waals surface area contributed by atoms with Crippen molar-refractivity contribution in [2.45, 2.75) is 234 Å². The van der Waals surface area contributed by atoms with Crippen LogP contribution in [0.2, 0.25) is 0 Å². The van der Waals surface area contributed by atoms with Gasteiger partial charge in [0, 0.05) is 0 Å². The number of aliphatic hydroxyl groups is 21. The Hall–Kier alpha value is -1.40. The van der Waals surface area contributed by atoms with E-state index in [1.165, 1.54) is 25.7 Å². The molecule has 35 nitrogen and oxygen atoms in total. The van der Waals surface area contributed by atoms with E-state index in [1.807, 2.05) is 0 Å². The van der Waals surface area contributed by atoms with Crippen LogP contribution in [0.15, 0.2) is 0 Å². The fourth-order valence-electron chi connectivity index (χ4n) is 10.4. The first-order valence-corrected chi connectivity index (χ1v) is 26.1. The minimum atomic E-state index is -3.06. The molecule has 466 valence electrons. The molecule has 22 aliphatic rings. The van der Waals surface area contributed by atoms with Gasteiger partial charge in [0.05, 0.1) is 39.6 Å². The average molecular weight is 1180 g/mol. The van der Waals surface area contributed by atoms with Crippen LogP contribution in [0.25, 0.3) is 0 Å². The van der Waals surface area contributed by atoms with Crippen molar-refractivity contribution < 1.29 is 174 Å². The second kappa shape index (κ2) is 27.5. The van der Waals surface area contributed by atoms with Gasteiger partial charge in [-0.3, -0.25) is 0 Å². The number of rotatable bonds is 6. The van der Waals surface area contributed by atoms with Crippen LogP contribution >= 0.6 is 0 Å². The zero-order valence-electron chi connectivity index (χ0n) is 42.4. The quantitative estimate of drug-likeness (QED) is 0.117. The molecule has 1 aliphatic carbocycles. The van der Waals surface area contributed by atoms with E-state index in [4.69, 9.17) is 66.3 Å². The maximum Gasteiger partial charge on any atom is 0.221 e. The second-order valence-electron chi connectivity index (χ2n) is 20.8. The molecule has 0 aromatic rings. The molecule has 15 unspecified atom stereocenters. The van der Waals surface area contributed by atoms with Crippen molar-refractivity contribution in [3.05, 3.63) is 0 Å². The molecule has 21 N–H and O–H groups in total. The molecule has 0 radical (unpaired) electrons. The molecule has 0 spiro atoms. The van der Waals surface area contributed by atoms with Gasteiger partial charge in [-0.2, -0.15) is 0 Å². The van der Waals surface area contributed by atoms with E-state index < -0.39 is 255 Å². The Morgan fingerprint density at radius 3 is 0.700 bits per heavy atom. The van der Waals surface area contributed by atoms with Crippen LogP contribution in [0.3, 0.4) is 0 Å². The van der Waals surface area contributed by atoms with Crippen molar-refractivity contribution in [3.8, 4) is 0 Å². The van der Waals surface area contributed by atoms with Gasteiger partial charge in [-0.05, 0) is 0 Å². The molecule has 22 fully saturated rings. The average Bonchev–Trinajstić information content (AvgIpc) is 3.50. The highest BCUT2D eigenvalue weighted by atomic mass is 16.8. The predicted octanol–water partition coefficient (Wildman–Crippen LogP) is -13.7. The van der Waals surface area contributed by atoms with Crippen molar-refractivity contribution in [2.24, 2.45) is 0 Å². The van der Waals surface area contributed by atoms with E-state index in [9.17, 15) is 107 Å². The first-order valence-electron chi connectivity index (χ1n) is 26.1. The normalized spacial score (nSPS) is 54.3. The molecule has 22 rings (SSSR count). The van der Waals surface area contributed by atoms with Gasteiger partial charge in [0.1, 0.15) is 165 Å². The number of aliphatic hydroxyl groups excluding tert-OH is 20.